The Kier molecular flexibility index (Phi) is 3.02. The van der Waals surface area contributed by atoms with E-state index in [-0.39, 0.29) is 11.2 Å². The van der Waals surface area contributed by atoms with Gasteiger partial charge in [-0.3, -0.25) is 0 Å². The highest BCUT2D eigenvalue weighted by Crippen LogP contribution is 2.43. The predicted octanol–water partition coefficient (Wildman–Crippen LogP) is 3.10. The van der Waals surface area contributed by atoms with Crippen LogP contribution in [0.1, 0.15) is 32.3 Å². The van der Waals surface area contributed by atoms with Crippen LogP contribution in [-0.4, -0.2) is 13.1 Å². The zero-order chi connectivity index (χ0) is 11.8. The minimum Gasteiger partial charge on any atom is -0.317 e. The molecule has 0 aliphatic heterocycles. The first-order chi connectivity index (χ1) is 7.54. The largest absolute Gasteiger partial charge is 0.317 e. The van der Waals surface area contributed by atoms with E-state index in [9.17, 15) is 4.39 Å². The molecule has 0 amide bonds. The fourth-order valence-electron chi connectivity index (χ4n) is 2.56. The SMILES string of the molecule is CNC1CC(C(C)(C)c2ccc(F)cc2)C1. The van der Waals surface area contributed by atoms with Gasteiger partial charge in [-0.2, -0.15) is 0 Å². The maximum atomic E-state index is 12.9. The zero-order valence-corrected chi connectivity index (χ0v) is 10.3. The number of benzene rings is 1. The molecule has 1 N–H and O–H groups in total. The fourth-order valence-corrected chi connectivity index (χ4v) is 2.56. The molecule has 1 fully saturated rings. The van der Waals surface area contributed by atoms with Crippen molar-refractivity contribution in [2.45, 2.75) is 38.1 Å². The minimum atomic E-state index is -0.152. The number of hydrogen-bond acceptors (Lipinski definition) is 1. The highest BCUT2D eigenvalue weighted by atomic mass is 19.1. The normalized spacial score (nSPS) is 25.2. The van der Waals surface area contributed by atoms with Crippen LogP contribution in [-0.2, 0) is 5.41 Å². The lowest BCUT2D eigenvalue weighted by atomic mass is 9.62. The van der Waals surface area contributed by atoms with E-state index in [1.54, 1.807) is 12.1 Å². The Labute approximate surface area is 97.1 Å². The van der Waals surface area contributed by atoms with Crippen LogP contribution < -0.4 is 5.32 Å². The molecule has 1 aromatic rings. The highest BCUT2D eigenvalue weighted by molar-refractivity contribution is 5.26. The average molecular weight is 221 g/mol. The third kappa shape index (κ3) is 1.99. The summed E-state index contributed by atoms with van der Waals surface area (Å²) in [6, 6.07) is 7.63. The third-order valence-electron chi connectivity index (χ3n) is 4.16. The average Bonchev–Trinajstić information content (AvgIpc) is 2.16. The van der Waals surface area contributed by atoms with E-state index in [0.717, 1.165) is 0 Å². The van der Waals surface area contributed by atoms with Gasteiger partial charge < -0.3 is 5.32 Å². The Bertz CT molecular complexity index is 350. The molecular weight excluding hydrogens is 201 g/mol. The standard InChI is InChI=1S/C14H20FN/c1-14(2,11-8-13(9-11)16-3)10-4-6-12(15)7-5-10/h4-7,11,13,16H,8-9H2,1-3H3. The van der Waals surface area contributed by atoms with E-state index in [1.165, 1.54) is 18.4 Å². The van der Waals surface area contributed by atoms with Gasteiger partial charge in [-0.25, -0.2) is 4.39 Å². The molecule has 0 atom stereocenters. The van der Waals surface area contributed by atoms with Gasteiger partial charge in [-0.15, -0.1) is 0 Å². The smallest absolute Gasteiger partial charge is 0.123 e. The van der Waals surface area contributed by atoms with Gasteiger partial charge in [0.15, 0.2) is 0 Å². The second kappa shape index (κ2) is 4.17. The van der Waals surface area contributed by atoms with Crippen molar-refractivity contribution in [2.75, 3.05) is 7.05 Å². The van der Waals surface area contributed by atoms with Crippen molar-refractivity contribution in [3.05, 3.63) is 35.6 Å². The van der Waals surface area contributed by atoms with Crippen molar-refractivity contribution in [2.24, 2.45) is 5.92 Å². The molecule has 0 unspecified atom stereocenters. The van der Waals surface area contributed by atoms with E-state index < -0.39 is 0 Å². The maximum Gasteiger partial charge on any atom is 0.123 e. The molecule has 1 saturated carbocycles. The molecule has 1 aliphatic carbocycles. The first-order valence-corrected chi connectivity index (χ1v) is 5.97. The van der Waals surface area contributed by atoms with Gasteiger partial charge >= 0.3 is 0 Å². The molecule has 1 aliphatic rings. The van der Waals surface area contributed by atoms with Gasteiger partial charge in [-0.05, 0) is 48.9 Å². The van der Waals surface area contributed by atoms with Crippen molar-refractivity contribution in [3.63, 3.8) is 0 Å². The van der Waals surface area contributed by atoms with Crippen molar-refractivity contribution in [1.29, 1.82) is 0 Å². The Balaban J connectivity index is 2.10. The topological polar surface area (TPSA) is 12.0 Å². The maximum absolute atomic E-state index is 12.9. The summed E-state index contributed by atoms with van der Waals surface area (Å²) in [6.07, 6.45) is 2.45. The van der Waals surface area contributed by atoms with Crippen molar-refractivity contribution < 1.29 is 4.39 Å². The van der Waals surface area contributed by atoms with Gasteiger partial charge in [-0.1, -0.05) is 26.0 Å². The molecule has 0 aromatic heterocycles. The van der Waals surface area contributed by atoms with Crippen LogP contribution in [0.25, 0.3) is 0 Å². The lowest BCUT2D eigenvalue weighted by Gasteiger charge is -2.45. The first kappa shape index (κ1) is 11.6. The van der Waals surface area contributed by atoms with Crippen molar-refractivity contribution in [3.8, 4) is 0 Å². The van der Waals surface area contributed by atoms with Crippen LogP contribution >= 0.6 is 0 Å². The molecule has 2 heteroatoms. The quantitative estimate of drug-likeness (QED) is 0.827. The highest BCUT2D eigenvalue weighted by Gasteiger charge is 2.40. The molecule has 0 heterocycles. The van der Waals surface area contributed by atoms with Gasteiger partial charge in [0.05, 0.1) is 0 Å². The Morgan fingerprint density at radius 2 is 1.75 bits per heavy atom. The van der Waals surface area contributed by atoms with Gasteiger partial charge in [0, 0.05) is 6.04 Å². The van der Waals surface area contributed by atoms with Crippen LogP contribution in [0.2, 0.25) is 0 Å². The number of rotatable bonds is 3. The van der Waals surface area contributed by atoms with Crippen molar-refractivity contribution >= 4 is 0 Å². The molecule has 0 bridgehead atoms. The summed E-state index contributed by atoms with van der Waals surface area (Å²) in [4.78, 5) is 0. The number of nitrogens with one attached hydrogen (secondary N) is 1. The van der Waals surface area contributed by atoms with Crippen LogP contribution in [0.3, 0.4) is 0 Å². The number of hydrogen-bond donors (Lipinski definition) is 1. The molecular formula is C14H20FN. The lowest BCUT2D eigenvalue weighted by Crippen LogP contribution is -2.47. The summed E-state index contributed by atoms with van der Waals surface area (Å²) < 4.78 is 12.9. The molecule has 0 spiro atoms. The Morgan fingerprint density at radius 3 is 2.25 bits per heavy atom. The summed E-state index contributed by atoms with van der Waals surface area (Å²) in [5.74, 6) is 0.552. The summed E-state index contributed by atoms with van der Waals surface area (Å²) >= 11 is 0. The third-order valence-corrected chi connectivity index (χ3v) is 4.16. The Hall–Kier alpha value is -0.890. The van der Waals surface area contributed by atoms with E-state index in [4.69, 9.17) is 0 Å². The molecule has 16 heavy (non-hydrogen) atoms. The van der Waals surface area contributed by atoms with E-state index in [0.29, 0.717) is 12.0 Å². The minimum absolute atomic E-state index is 0.152. The number of halogens is 1. The van der Waals surface area contributed by atoms with Crippen molar-refractivity contribution in [1.82, 2.24) is 5.32 Å². The molecule has 1 nitrogen and oxygen atoms in total. The zero-order valence-electron chi connectivity index (χ0n) is 10.3. The van der Waals surface area contributed by atoms with Gasteiger partial charge in [0.25, 0.3) is 0 Å². The molecule has 0 radical (unpaired) electrons. The fraction of sp³-hybridized carbons (Fsp3) is 0.571. The molecule has 88 valence electrons. The van der Waals surface area contributed by atoms with E-state index in [1.807, 2.05) is 19.2 Å². The summed E-state index contributed by atoms with van der Waals surface area (Å²) in [5, 5.41) is 3.30. The first-order valence-electron chi connectivity index (χ1n) is 5.97. The summed E-state index contributed by atoms with van der Waals surface area (Å²) in [6.45, 7) is 4.52. The van der Waals surface area contributed by atoms with E-state index in [2.05, 4.69) is 19.2 Å². The predicted molar refractivity (Wildman–Crippen MR) is 65.0 cm³/mol. The molecule has 0 saturated heterocycles. The second-order valence-electron chi connectivity index (χ2n) is 5.38. The summed E-state index contributed by atoms with van der Waals surface area (Å²) in [5.41, 5.74) is 1.40. The lowest BCUT2D eigenvalue weighted by molar-refractivity contribution is 0.145. The summed E-state index contributed by atoms with van der Waals surface area (Å²) in [7, 11) is 2.02. The second-order valence-corrected chi connectivity index (χ2v) is 5.38. The van der Waals surface area contributed by atoms with Crippen LogP contribution in [0.5, 0.6) is 0 Å². The van der Waals surface area contributed by atoms with Gasteiger partial charge in [0.1, 0.15) is 5.82 Å². The van der Waals surface area contributed by atoms with Crippen LogP contribution in [0.4, 0.5) is 4.39 Å². The van der Waals surface area contributed by atoms with E-state index >= 15 is 0 Å². The molecule has 1 aromatic carbocycles. The van der Waals surface area contributed by atoms with Crippen LogP contribution in [0.15, 0.2) is 24.3 Å². The molecule has 2 rings (SSSR count). The van der Waals surface area contributed by atoms with Crippen LogP contribution in [0, 0.1) is 11.7 Å². The Morgan fingerprint density at radius 1 is 1.19 bits per heavy atom. The van der Waals surface area contributed by atoms with Gasteiger partial charge in [0.2, 0.25) is 0 Å². The monoisotopic (exact) mass is 221 g/mol.